The highest BCUT2D eigenvalue weighted by Crippen LogP contribution is 2.53. The van der Waals surface area contributed by atoms with Gasteiger partial charge in [-0.25, -0.2) is 0 Å². The molecule has 2 amide bonds. The molecule has 0 unspecified atom stereocenters. The zero-order chi connectivity index (χ0) is 33.9. The third kappa shape index (κ3) is 8.34. The summed E-state index contributed by atoms with van der Waals surface area (Å²) in [6, 6.07) is 14.1. The first kappa shape index (κ1) is 36.0. The smallest absolute Gasteiger partial charge is 0.225 e. The molecule has 2 aromatic carbocycles. The normalized spacial score (nSPS) is 24.7. The van der Waals surface area contributed by atoms with Crippen molar-refractivity contribution in [3.05, 3.63) is 70.3 Å². The molecule has 0 aromatic heterocycles. The standard InChI is InChI=1S/C36H53N3O7/c1-24-11-16-28(36-32(43)29(40)21-35(46-36,23-45-36)34(4,5)44)20-27(24)19-26-14-12-25(13-15-26)9-8-10-30(41)38-33(2,3)22-31(42)37-17-18-39(6)7/h11-16,20,29,32,40,43-44H,8-10,17-19,21-23H2,1-7H3,(H,37,42)(H,38,41)/t29-,32+,35+,36-/m0/s1. The van der Waals surface area contributed by atoms with Gasteiger partial charge in [0.2, 0.25) is 17.6 Å². The summed E-state index contributed by atoms with van der Waals surface area (Å²) in [5.41, 5.74) is 1.91. The van der Waals surface area contributed by atoms with E-state index in [0.717, 1.165) is 35.2 Å². The second-order valence-corrected chi connectivity index (χ2v) is 14.6. The lowest BCUT2D eigenvalue weighted by molar-refractivity contribution is -0.319. The number of rotatable bonds is 14. The number of ether oxygens (including phenoxy) is 2. The van der Waals surface area contributed by atoms with E-state index in [-0.39, 0.29) is 31.3 Å². The number of hydrogen-bond donors (Lipinski definition) is 5. The van der Waals surface area contributed by atoms with Crippen molar-refractivity contribution in [3.63, 3.8) is 0 Å². The molecule has 0 spiro atoms. The van der Waals surface area contributed by atoms with Gasteiger partial charge in [-0.1, -0.05) is 36.4 Å². The molecule has 4 atom stereocenters. The van der Waals surface area contributed by atoms with Crippen molar-refractivity contribution in [2.45, 2.75) is 108 Å². The largest absolute Gasteiger partial charge is 0.390 e. The van der Waals surface area contributed by atoms with Crippen LogP contribution < -0.4 is 10.6 Å². The summed E-state index contributed by atoms with van der Waals surface area (Å²) in [7, 11) is 3.90. The second kappa shape index (κ2) is 14.1. The number of fused-ring (bicyclic) bond motifs is 2. The number of benzene rings is 2. The molecule has 2 heterocycles. The summed E-state index contributed by atoms with van der Waals surface area (Å²) >= 11 is 0. The maximum absolute atomic E-state index is 12.6. The number of carbonyl (C=O) groups is 2. The van der Waals surface area contributed by atoms with E-state index in [0.29, 0.717) is 31.4 Å². The molecule has 5 N–H and O–H groups in total. The summed E-state index contributed by atoms with van der Waals surface area (Å²) in [6.07, 6.45) is 0.359. The minimum Gasteiger partial charge on any atom is -0.390 e. The SMILES string of the molecule is Cc1ccc([C@@]23OC[C@@](C(C)(C)O)(C[C@H](O)[C@H]2O)O3)cc1Cc1ccc(CCCC(=O)NC(C)(C)CC(=O)NCCN(C)C)cc1. The Morgan fingerprint density at radius 3 is 2.35 bits per heavy atom. The van der Waals surface area contributed by atoms with E-state index in [1.165, 1.54) is 0 Å². The van der Waals surface area contributed by atoms with Gasteiger partial charge < -0.3 is 40.3 Å². The van der Waals surface area contributed by atoms with Crippen molar-refractivity contribution in [3.8, 4) is 0 Å². The van der Waals surface area contributed by atoms with Gasteiger partial charge in [-0.05, 0) is 96.3 Å². The second-order valence-electron chi connectivity index (χ2n) is 14.6. The van der Waals surface area contributed by atoms with Gasteiger partial charge in [0.1, 0.15) is 11.7 Å². The fourth-order valence-corrected chi connectivity index (χ4v) is 6.33. The van der Waals surface area contributed by atoms with E-state index < -0.39 is 34.7 Å². The van der Waals surface area contributed by atoms with Crippen LogP contribution in [0, 0.1) is 6.92 Å². The molecule has 2 aliphatic rings. The fraction of sp³-hybridized carbons (Fsp3) is 0.611. The summed E-state index contributed by atoms with van der Waals surface area (Å²) in [5, 5.41) is 38.5. The van der Waals surface area contributed by atoms with Crippen LogP contribution in [0.15, 0.2) is 42.5 Å². The first-order valence-corrected chi connectivity index (χ1v) is 16.3. The molecular formula is C36H53N3O7. The molecule has 254 valence electrons. The van der Waals surface area contributed by atoms with Gasteiger partial charge >= 0.3 is 0 Å². The van der Waals surface area contributed by atoms with E-state index in [4.69, 9.17) is 9.47 Å². The Hall–Kier alpha value is -2.86. The quantitative estimate of drug-likeness (QED) is 0.213. The van der Waals surface area contributed by atoms with Crippen molar-refractivity contribution in [1.29, 1.82) is 0 Å². The molecule has 2 aliphatic heterocycles. The van der Waals surface area contributed by atoms with Crippen molar-refractivity contribution in [2.24, 2.45) is 0 Å². The molecule has 2 aromatic rings. The number of nitrogens with zero attached hydrogens (tertiary/aromatic N) is 1. The molecular weight excluding hydrogens is 586 g/mol. The predicted octanol–water partition coefficient (Wildman–Crippen LogP) is 2.71. The number of aryl methyl sites for hydroxylation is 2. The fourth-order valence-electron chi connectivity index (χ4n) is 6.33. The Balaban J connectivity index is 1.32. The Morgan fingerprint density at radius 2 is 1.70 bits per heavy atom. The number of hydrogen-bond acceptors (Lipinski definition) is 8. The van der Waals surface area contributed by atoms with Crippen LogP contribution >= 0.6 is 0 Å². The lowest BCUT2D eigenvalue weighted by Gasteiger charge is -2.48. The minimum absolute atomic E-state index is 0.0587. The maximum Gasteiger partial charge on any atom is 0.225 e. The summed E-state index contributed by atoms with van der Waals surface area (Å²) in [5.74, 6) is -1.71. The highest BCUT2D eigenvalue weighted by atomic mass is 16.8. The van der Waals surface area contributed by atoms with Gasteiger partial charge in [-0.15, -0.1) is 0 Å². The molecule has 2 saturated heterocycles. The molecule has 46 heavy (non-hydrogen) atoms. The monoisotopic (exact) mass is 639 g/mol. The summed E-state index contributed by atoms with van der Waals surface area (Å²) < 4.78 is 12.5. The van der Waals surface area contributed by atoms with Crippen molar-refractivity contribution in [2.75, 3.05) is 33.8 Å². The molecule has 10 heteroatoms. The number of nitrogens with one attached hydrogen (secondary N) is 2. The van der Waals surface area contributed by atoms with Crippen molar-refractivity contribution in [1.82, 2.24) is 15.5 Å². The van der Waals surface area contributed by atoms with E-state index in [1.54, 1.807) is 13.8 Å². The van der Waals surface area contributed by atoms with E-state index in [9.17, 15) is 24.9 Å². The van der Waals surface area contributed by atoms with Crippen LogP contribution in [-0.2, 0) is 37.7 Å². The maximum atomic E-state index is 12.6. The average Bonchev–Trinajstić information content (AvgIpc) is 3.31. The van der Waals surface area contributed by atoms with Crippen LogP contribution in [0.4, 0.5) is 0 Å². The molecule has 10 nitrogen and oxygen atoms in total. The van der Waals surface area contributed by atoms with E-state index in [2.05, 4.69) is 34.9 Å². The zero-order valence-corrected chi connectivity index (χ0v) is 28.5. The van der Waals surface area contributed by atoms with Gasteiger partial charge in [-0.3, -0.25) is 9.59 Å². The molecule has 2 fully saturated rings. The lowest BCUT2D eigenvalue weighted by atomic mass is 9.77. The van der Waals surface area contributed by atoms with Gasteiger partial charge in [-0.2, -0.15) is 0 Å². The number of amides is 2. The van der Waals surface area contributed by atoms with Gasteiger partial charge in [0, 0.05) is 43.5 Å². The molecule has 0 radical (unpaired) electrons. The van der Waals surface area contributed by atoms with Gasteiger partial charge in [0.05, 0.1) is 18.3 Å². The van der Waals surface area contributed by atoms with Gasteiger partial charge in [0.15, 0.2) is 0 Å². The summed E-state index contributed by atoms with van der Waals surface area (Å²) in [6.45, 7) is 10.4. The molecule has 4 rings (SSSR count). The topological polar surface area (TPSA) is 141 Å². The first-order valence-electron chi connectivity index (χ1n) is 16.3. The Labute approximate surface area is 273 Å². The van der Waals surface area contributed by atoms with Crippen LogP contribution in [0.5, 0.6) is 0 Å². The lowest BCUT2D eigenvalue weighted by Crippen LogP contribution is -2.62. The van der Waals surface area contributed by atoms with Crippen LogP contribution in [-0.4, -0.2) is 94.8 Å². The van der Waals surface area contributed by atoms with Crippen LogP contribution in [0.1, 0.15) is 81.2 Å². The number of aliphatic hydroxyl groups excluding tert-OH is 2. The highest BCUT2D eigenvalue weighted by molar-refractivity contribution is 5.80. The van der Waals surface area contributed by atoms with Crippen LogP contribution in [0.2, 0.25) is 0 Å². The first-order chi connectivity index (χ1) is 21.5. The number of likely N-dealkylation sites (N-methyl/N-ethyl adjacent to an activating group) is 1. The highest BCUT2D eigenvalue weighted by Gasteiger charge is 2.66. The van der Waals surface area contributed by atoms with Crippen molar-refractivity contribution >= 4 is 11.8 Å². The molecule has 0 aliphatic carbocycles. The Morgan fingerprint density at radius 1 is 1.02 bits per heavy atom. The van der Waals surface area contributed by atoms with E-state index in [1.807, 2.05) is 58.0 Å². The third-order valence-corrected chi connectivity index (χ3v) is 9.27. The Kier molecular flexibility index (Phi) is 11.0. The molecule has 2 bridgehead atoms. The van der Waals surface area contributed by atoms with Crippen LogP contribution in [0.25, 0.3) is 0 Å². The van der Waals surface area contributed by atoms with Crippen molar-refractivity contribution < 1.29 is 34.4 Å². The number of aliphatic hydroxyl groups is 3. The summed E-state index contributed by atoms with van der Waals surface area (Å²) in [4.78, 5) is 26.9. The Bertz CT molecular complexity index is 1370. The van der Waals surface area contributed by atoms with Crippen LogP contribution in [0.3, 0.4) is 0 Å². The van der Waals surface area contributed by atoms with Gasteiger partial charge in [0.25, 0.3) is 0 Å². The average molecular weight is 640 g/mol. The zero-order valence-electron chi connectivity index (χ0n) is 28.5. The predicted molar refractivity (Wildman–Crippen MR) is 176 cm³/mol. The third-order valence-electron chi connectivity index (χ3n) is 9.27. The molecule has 0 saturated carbocycles. The minimum atomic E-state index is -1.57. The van der Waals surface area contributed by atoms with E-state index >= 15 is 0 Å². The number of carbonyl (C=O) groups excluding carboxylic acids is 2.